The van der Waals surface area contributed by atoms with Gasteiger partial charge < -0.3 is 24.4 Å². The average molecular weight is 623 g/mol. The quantitative estimate of drug-likeness (QED) is 0.330. The van der Waals surface area contributed by atoms with E-state index in [1.807, 2.05) is 24.5 Å². The Bertz CT molecular complexity index is 1520. The number of ether oxygens (including phenoxy) is 1. The normalized spacial score (nSPS) is 21.9. The van der Waals surface area contributed by atoms with E-state index in [-0.39, 0.29) is 23.4 Å². The number of amides is 2. The summed E-state index contributed by atoms with van der Waals surface area (Å²) in [6.07, 6.45) is 5.90. The van der Waals surface area contributed by atoms with Crippen LogP contribution >= 0.6 is 0 Å². The number of pyridine rings is 1. The third kappa shape index (κ3) is 7.13. The van der Waals surface area contributed by atoms with Crippen molar-refractivity contribution >= 4 is 28.8 Å². The van der Waals surface area contributed by atoms with Crippen molar-refractivity contribution in [1.29, 1.82) is 0 Å². The Kier molecular flexibility index (Phi) is 9.07. The minimum atomic E-state index is -0.659. The fourth-order valence-electron chi connectivity index (χ4n) is 6.94. The van der Waals surface area contributed by atoms with Gasteiger partial charge in [0.1, 0.15) is 17.9 Å². The number of aliphatic hydroxyl groups is 2. The summed E-state index contributed by atoms with van der Waals surface area (Å²) in [5.41, 5.74) is 0.890. The molecule has 3 aliphatic rings. The van der Waals surface area contributed by atoms with Crippen molar-refractivity contribution in [2.75, 3.05) is 44.6 Å². The second-order valence-corrected chi connectivity index (χ2v) is 13.3. The Morgan fingerprint density at radius 2 is 1.82 bits per heavy atom. The molecule has 1 saturated carbocycles. The third-order valence-corrected chi connectivity index (χ3v) is 9.69. The number of imidazole rings is 1. The number of β-amino-alcohol motifs (C(OH)–C–C–N with tert-alkyl or cyclic N) is 1. The highest BCUT2D eigenvalue weighted by molar-refractivity contribution is 6.04. The molecule has 2 saturated heterocycles. The van der Waals surface area contributed by atoms with Gasteiger partial charge in [0.05, 0.1) is 23.4 Å². The number of piperidine rings is 1. The number of benzene rings is 1. The first kappa shape index (κ1) is 31.4. The Morgan fingerprint density at radius 1 is 1.09 bits per heavy atom. The second kappa shape index (κ2) is 13.0. The molecule has 0 radical (unpaired) electrons. The molecule has 2 amide bonds. The number of fused-ring (bicyclic) bond motifs is 1. The molecule has 45 heavy (non-hydrogen) atoms. The van der Waals surface area contributed by atoms with Crippen molar-refractivity contribution in [2.45, 2.75) is 70.1 Å². The molecule has 2 aliphatic heterocycles. The summed E-state index contributed by atoms with van der Waals surface area (Å²) in [5, 5.41) is 22.8. The van der Waals surface area contributed by atoms with Gasteiger partial charge >= 0.3 is 0 Å². The maximum atomic E-state index is 13.9. The Balaban J connectivity index is 1.17. The van der Waals surface area contributed by atoms with Crippen molar-refractivity contribution < 1.29 is 28.9 Å². The number of halogens is 1. The molecule has 2 aromatic heterocycles. The molecule has 1 aliphatic carbocycles. The lowest BCUT2D eigenvalue weighted by Gasteiger charge is -2.40. The van der Waals surface area contributed by atoms with Crippen molar-refractivity contribution in [3.05, 3.63) is 47.9 Å². The van der Waals surface area contributed by atoms with Crippen LogP contribution in [0.5, 0.6) is 5.88 Å². The van der Waals surface area contributed by atoms with E-state index >= 15 is 0 Å². The van der Waals surface area contributed by atoms with Gasteiger partial charge in [0, 0.05) is 43.2 Å². The smallest absolute Gasteiger partial charge is 0.258 e. The van der Waals surface area contributed by atoms with Crippen LogP contribution in [0.2, 0.25) is 0 Å². The molecule has 6 rings (SSSR count). The summed E-state index contributed by atoms with van der Waals surface area (Å²) in [6.45, 7) is 7.59. The standard InChI is InChI=1S/C33H43FN6O5/c1-33(2,44)23-10-12-38(13-11-23)14-15-45-29-17-28-27(18-35-29)36-32(37-30(42)22-4-3-5-24(34)16-22)40(28)25-8-6-21(7-9-25)31(43)39-19-26(41)20-39/h3-5,16-18,21,23,25-26,41,44H,6-15,19-20H2,1-2H3,(H,36,37,42). The molecular formula is C33H43FN6O5. The predicted octanol–water partition coefficient (Wildman–Crippen LogP) is 3.62. The van der Waals surface area contributed by atoms with Crippen molar-refractivity contribution in [2.24, 2.45) is 11.8 Å². The minimum Gasteiger partial charge on any atom is -0.476 e. The number of aliphatic hydroxyl groups excluding tert-OH is 1. The van der Waals surface area contributed by atoms with E-state index in [4.69, 9.17) is 9.72 Å². The molecule has 1 aromatic carbocycles. The molecule has 3 fully saturated rings. The fourth-order valence-corrected chi connectivity index (χ4v) is 6.94. The largest absolute Gasteiger partial charge is 0.476 e. The van der Waals surface area contributed by atoms with Crippen LogP contribution < -0.4 is 10.1 Å². The van der Waals surface area contributed by atoms with E-state index in [1.165, 1.54) is 18.2 Å². The van der Waals surface area contributed by atoms with Gasteiger partial charge in [-0.3, -0.25) is 19.8 Å². The summed E-state index contributed by atoms with van der Waals surface area (Å²) in [4.78, 5) is 39.3. The highest BCUT2D eigenvalue weighted by Gasteiger charge is 2.36. The summed E-state index contributed by atoms with van der Waals surface area (Å²) in [7, 11) is 0. The molecule has 0 unspecified atom stereocenters. The lowest BCUT2D eigenvalue weighted by Crippen LogP contribution is -2.55. The van der Waals surface area contributed by atoms with Crippen molar-refractivity contribution in [3.8, 4) is 5.88 Å². The van der Waals surface area contributed by atoms with Gasteiger partial charge in [0.15, 0.2) is 0 Å². The molecular weight excluding hydrogens is 579 g/mol. The van der Waals surface area contributed by atoms with Crippen LogP contribution in [0.25, 0.3) is 11.0 Å². The van der Waals surface area contributed by atoms with E-state index in [9.17, 15) is 24.2 Å². The molecule has 12 heteroatoms. The van der Waals surface area contributed by atoms with Crippen LogP contribution in [-0.4, -0.2) is 97.4 Å². The first-order valence-electron chi connectivity index (χ1n) is 16.0. The Hall–Kier alpha value is -3.61. The third-order valence-electron chi connectivity index (χ3n) is 9.69. The van der Waals surface area contributed by atoms with Crippen molar-refractivity contribution in [1.82, 2.24) is 24.3 Å². The summed E-state index contributed by atoms with van der Waals surface area (Å²) < 4.78 is 21.9. The van der Waals surface area contributed by atoms with Crippen LogP contribution in [0.15, 0.2) is 36.5 Å². The molecule has 3 aromatic rings. The predicted molar refractivity (Wildman–Crippen MR) is 166 cm³/mol. The van der Waals surface area contributed by atoms with Gasteiger partial charge in [-0.2, -0.15) is 0 Å². The number of likely N-dealkylation sites (tertiary alicyclic amines) is 2. The number of nitrogens with one attached hydrogen (secondary N) is 1. The van der Waals surface area contributed by atoms with Gasteiger partial charge in [-0.25, -0.2) is 14.4 Å². The lowest BCUT2D eigenvalue weighted by molar-refractivity contribution is -0.147. The molecule has 4 heterocycles. The molecule has 11 nitrogen and oxygen atoms in total. The molecule has 242 valence electrons. The van der Waals surface area contributed by atoms with E-state index in [0.29, 0.717) is 68.6 Å². The average Bonchev–Trinajstić information content (AvgIpc) is 3.36. The zero-order valence-electron chi connectivity index (χ0n) is 26.0. The number of hydrogen-bond acceptors (Lipinski definition) is 8. The molecule has 0 spiro atoms. The molecule has 3 N–H and O–H groups in total. The van der Waals surface area contributed by atoms with Gasteiger partial charge in [-0.05, 0) is 89.6 Å². The topological polar surface area (TPSA) is 133 Å². The first-order chi connectivity index (χ1) is 21.5. The Morgan fingerprint density at radius 3 is 2.49 bits per heavy atom. The van der Waals surface area contributed by atoms with Crippen LogP contribution in [0.4, 0.5) is 10.3 Å². The number of carbonyl (C=O) groups excluding carboxylic acids is 2. The van der Waals surface area contributed by atoms with Gasteiger partial charge in [0.2, 0.25) is 17.7 Å². The maximum Gasteiger partial charge on any atom is 0.258 e. The van der Waals surface area contributed by atoms with E-state index < -0.39 is 23.4 Å². The highest BCUT2D eigenvalue weighted by Crippen LogP contribution is 2.38. The second-order valence-electron chi connectivity index (χ2n) is 13.3. The summed E-state index contributed by atoms with van der Waals surface area (Å²) in [5.74, 6) is 0.129. The van der Waals surface area contributed by atoms with Crippen LogP contribution in [-0.2, 0) is 4.79 Å². The van der Waals surface area contributed by atoms with Crippen molar-refractivity contribution in [3.63, 3.8) is 0 Å². The Labute approximate surface area is 262 Å². The maximum absolute atomic E-state index is 13.9. The van der Waals surface area contributed by atoms with Gasteiger partial charge in [-0.15, -0.1) is 0 Å². The molecule has 0 bridgehead atoms. The fraction of sp³-hybridized carbons (Fsp3) is 0.576. The zero-order chi connectivity index (χ0) is 31.7. The lowest BCUT2D eigenvalue weighted by atomic mass is 9.83. The van der Waals surface area contributed by atoms with E-state index in [2.05, 4.69) is 15.2 Å². The number of carbonyl (C=O) groups is 2. The monoisotopic (exact) mass is 622 g/mol. The first-order valence-corrected chi connectivity index (χ1v) is 16.0. The summed E-state index contributed by atoms with van der Waals surface area (Å²) >= 11 is 0. The summed E-state index contributed by atoms with van der Waals surface area (Å²) in [6, 6.07) is 7.33. The zero-order valence-corrected chi connectivity index (χ0v) is 26.0. The number of hydrogen-bond donors (Lipinski definition) is 3. The number of anilines is 1. The van der Waals surface area contributed by atoms with Gasteiger partial charge in [-0.1, -0.05) is 6.07 Å². The number of aromatic nitrogens is 3. The number of nitrogens with zero attached hydrogens (tertiary/aromatic N) is 5. The van der Waals surface area contributed by atoms with Crippen LogP contribution in [0, 0.1) is 17.7 Å². The SMILES string of the molecule is CC(C)(O)C1CCN(CCOc2cc3c(cn2)nc(NC(=O)c2cccc(F)c2)n3C2CCC(C(=O)N3CC(O)C3)CC2)CC1. The van der Waals surface area contributed by atoms with Crippen LogP contribution in [0.3, 0.4) is 0 Å². The van der Waals surface area contributed by atoms with E-state index in [1.54, 1.807) is 17.2 Å². The van der Waals surface area contributed by atoms with Gasteiger partial charge in [0.25, 0.3) is 5.91 Å². The minimum absolute atomic E-state index is 0.0313. The molecule has 0 atom stereocenters. The number of rotatable bonds is 9. The highest BCUT2D eigenvalue weighted by atomic mass is 19.1. The van der Waals surface area contributed by atoms with E-state index in [0.717, 1.165) is 38.0 Å². The van der Waals surface area contributed by atoms with Crippen LogP contribution in [0.1, 0.15) is 68.8 Å².